The maximum Gasteiger partial charge on any atom is 0.326 e. The van der Waals surface area contributed by atoms with Crippen molar-refractivity contribution in [3.05, 3.63) is 176 Å². The number of aliphatic imine (C=N–C) groups is 1. The summed E-state index contributed by atoms with van der Waals surface area (Å²) in [5.74, 6) is -0.864. The number of carbonyl (C=O) groups excluding carboxylic acids is 6. The zero-order chi connectivity index (χ0) is 66.6. The molecule has 0 radical (unpaired) electrons. The molecule has 0 aliphatic carbocycles. The number of rotatable bonds is 18. The zero-order valence-corrected chi connectivity index (χ0v) is 57.5. The molecule has 93 heavy (non-hydrogen) atoms. The van der Waals surface area contributed by atoms with Crippen LogP contribution >= 0.6 is 34.5 Å². The lowest BCUT2D eigenvalue weighted by Crippen LogP contribution is -2.61. The lowest BCUT2D eigenvalue weighted by atomic mass is 9.71. The number of hydrogen-bond acceptors (Lipinski definition) is 11. The highest BCUT2D eigenvalue weighted by molar-refractivity contribution is 7.13. The predicted octanol–water partition coefficient (Wildman–Crippen LogP) is 11.6. The van der Waals surface area contributed by atoms with Gasteiger partial charge >= 0.3 is 6.03 Å². The van der Waals surface area contributed by atoms with Gasteiger partial charge in [0.25, 0.3) is 0 Å². The van der Waals surface area contributed by atoms with Crippen molar-refractivity contribution in [2.45, 2.75) is 143 Å². The van der Waals surface area contributed by atoms with Gasteiger partial charge in [0.1, 0.15) is 40.8 Å². The zero-order valence-electron chi connectivity index (χ0n) is 55.2. The molecule has 5 heterocycles. The average molecular weight is 1320 g/mol. The SMILES string of the molecule is CCOc1cc(C(C)(C)C)ccc1C1=N[C@@](C)(c2ccc(Cl)cc2)[C@@](C)(c2ccc(Cl)cc2)N1C(=O)N1CCN(CC(=O)N2CCC(C(=O)N[C@@H](Cc3ccccc3)C(=O)N[C@H](C(=O)N3CCC[C@H]3C(=O)NCc3ccc(-c4scnc4C)cc3)C(C)(C)C)CC2)CC1. The Morgan fingerprint density at radius 1 is 0.720 bits per heavy atom. The lowest BCUT2D eigenvalue weighted by molar-refractivity contribution is -0.144. The molecule has 17 nitrogen and oxygen atoms in total. The number of amidine groups is 1. The summed E-state index contributed by atoms with van der Waals surface area (Å²) in [4.78, 5) is 108. The molecule has 0 bridgehead atoms. The van der Waals surface area contributed by atoms with Crippen LogP contribution in [0.15, 0.2) is 132 Å². The number of aromatic nitrogens is 1. The van der Waals surface area contributed by atoms with Gasteiger partial charge in [-0.15, -0.1) is 11.3 Å². The summed E-state index contributed by atoms with van der Waals surface area (Å²) in [7, 11) is 0. The van der Waals surface area contributed by atoms with Crippen molar-refractivity contribution in [1.29, 1.82) is 0 Å². The average Bonchev–Trinajstić information content (AvgIpc) is 1.55. The van der Waals surface area contributed by atoms with Gasteiger partial charge in [0.05, 0.1) is 34.8 Å². The van der Waals surface area contributed by atoms with Gasteiger partial charge in [0.2, 0.25) is 29.5 Å². The molecule has 1 aromatic heterocycles. The van der Waals surface area contributed by atoms with Crippen LogP contribution in [-0.2, 0) is 53.4 Å². The van der Waals surface area contributed by atoms with Crippen molar-refractivity contribution in [1.82, 2.24) is 45.4 Å². The van der Waals surface area contributed by atoms with Crippen LogP contribution in [0.2, 0.25) is 10.0 Å². The van der Waals surface area contributed by atoms with Crippen LogP contribution in [0.5, 0.6) is 5.75 Å². The van der Waals surface area contributed by atoms with E-state index in [1.807, 2.05) is 159 Å². The van der Waals surface area contributed by atoms with E-state index in [2.05, 4.69) is 72.6 Å². The van der Waals surface area contributed by atoms with Crippen molar-refractivity contribution in [3.63, 3.8) is 0 Å². The van der Waals surface area contributed by atoms with Crippen LogP contribution in [0.3, 0.4) is 0 Å². The number of thiazole rings is 1. The maximum absolute atomic E-state index is 15.8. The Kier molecular flexibility index (Phi) is 20.9. The van der Waals surface area contributed by atoms with Crippen LogP contribution in [0.25, 0.3) is 10.4 Å². The molecule has 4 aliphatic heterocycles. The number of amides is 7. The number of ether oxygens (including phenoxy) is 1. The van der Waals surface area contributed by atoms with Gasteiger partial charge in [-0.05, 0) is 134 Å². The Hall–Kier alpha value is -7.64. The van der Waals surface area contributed by atoms with Gasteiger partial charge in [0, 0.05) is 74.7 Å². The highest BCUT2D eigenvalue weighted by atomic mass is 35.5. The topological polar surface area (TPSA) is 189 Å². The largest absolute Gasteiger partial charge is 0.493 e. The predicted molar refractivity (Wildman–Crippen MR) is 367 cm³/mol. The highest BCUT2D eigenvalue weighted by Gasteiger charge is 2.60. The number of likely N-dealkylation sites (tertiary alicyclic amines) is 2. The summed E-state index contributed by atoms with van der Waals surface area (Å²) in [6, 6.07) is 35.8. The Balaban J connectivity index is 0.775. The number of urea groups is 1. The summed E-state index contributed by atoms with van der Waals surface area (Å²) in [5.41, 5.74) is 5.96. The Labute approximate surface area is 561 Å². The molecule has 5 aromatic carbocycles. The summed E-state index contributed by atoms with van der Waals surface area (Å²) in [6.45, 7) is 23.6. The summed E-state index contributed by atoms with van der Waals surface area (Å²) in [6.07, 6.45) is 2.09. The van der Waals surface area contributed by atoms with Crippen LogP contribution in [0, 0.1) is 18.3 Å². The minimum Gasteiger partial charge on any atom is -0.493 e. The fourth-order valence-electron chi connectivity index (χ4n) is 13.3. The fraction of sp³-hybridized carbons (Fsp3) is 0.452. The monoisotopic (exact) mass is 1320 g/mol. The second-order valence-electron chi connectivity index (χ2n) is 27.5. The third-order valence-corrected chi connectivity index (χ3v) is 20.6. The third kappa shape index (κ3) is 15.0. The van der Waals surface area contributed by atoms with E-state index in [-0.39, 0.29) is 48.0 Å². The first kappa shape index (κ1) is 68.2. The number of hydrogen-bond donors (Lipinski definition) is 3. The lowest BCUT2D eigenvalue weighted by Gasteiger charge is -2.47. The van der Waals surface area contributed by atoms with E-state index in [9.17, 15) is 24.0 Å². The van der Waals surface area contributed by atoms with Gasteiger partial charge < -0.3 is 35.4 Å². The molecule has 3 N–H and O–H groups in total. The minimum atomic E-state index is -1.11. The second kappa shape index (κ2) is 28.5. The molecule has 5 atom stereocenters. The standard InChI is InChI=1S/C73H88Cl2N10O7S/c1-11-92-60-43-54(70(3,4)5)27-32-57(60)64-80-72(9,52-23-28-55(74)29-24-52)73(10,53-25-30-56(75)31-26-53)85(64)69(91)83-40-38-81(39-41-83)45-61(86)82-36-33-51(34-37-82)65(87)78-58(42-48-16-13-12-14-17-48)66(88)79-63(71(6,7)8)68(90)84-35-15-18-59(84)67(89)76-44-49-19-21-50(22-20-49)62-47(2)77-46-93-62/h12-14,16-17,19-32,43,46,51,58-59,63H,11,15,18,33-42,44-45H2,1-10H3,(H,76,89)(H,78,87)(H,79,88)/t58-,59-,63+,72-,73+/m0/s1. The normalized spacial score (nSPS) is 20.4. The van der Waals surface area contributed by atoms with Crippen LogP contribution < -0.4 is 20.7 Å². The van der Waals surface area contributed by atoms with Crippen LogP contribution in [0.4, 0.5) is 4.79 Å². The number of piperidine rings is 1. The Morgan fingerprint density at radius 2 is 1.37 bits per heavy atom. The van der Waals surface area contributed by atoms with Gasteiger partial charge in [0.15, 0.2) is 0 Å². The molecule has 20 heteroatoms. The highest BCUT2D eigenvalue weighted by Crippen LogP contribution is 2.54. The molecule has 0 unspecified atom stereocenters. The number of aryl methyl sites for hydroxylation is 1. The molecular formula is C73H88Cl2N10O7S. The van der Waals surface area contributed by atoms with E-state index < -0.39 is 46.4 Å². The first-order valence-electron chi connectivity index (χ1n) is 32.5. The Morgan fingerprint density at radius 3 is 1.97 bits per heavy atom. The van der Waals surface area contributed by atoms with E-state index >= 15 is 4.79 Å². The molecule has 3 saturated heterocycles. The molecule has 7 amide bonds. The van der Waals surface area contributed by atoms with E-state index in [1.165, 1.54) is 0 Å². The summed E-state index contributed by atoms with van der Waals surface area (Å²) >= 11 is 14.6. The molecular weight excluding hydrogens is 1230 g/mol. The number of benzene rings is 5. The van der Waals surface area contributed by atoms with Crippen LogP contribution in [0.1, 0.15) is 127 Å². The first-order valence-corrected chi connectivity index (χ1v) is 34.1. The maximum atomic E-state index is 15.8. The first-order chi connectivity index (χ1) is 44.3. The van der Waals surface area contributed by atoms with E-state index in [0.717, 1.165) is 44.0 Å². The fourth-order valence-corrected chi connectivity index (χ4v) is 14.4. The number of nitrogens with zero attached hydrogens (tertiary/aromatic N) is 7. The van der Waals surface area contributed by atoms with E-state index in [1.54, 1.807) is 21.1 Å². The molecule has 0 spiro atoms. The van der Waals surface area contributed by atoms with E-state index in [0.29, 0.717) is 112 Å². The summed E-state index contributed by atoms with van der Waals surface area (Å²) in [5, 5.41) is 10.3. The molecule has 4 aliphatic rings. The van der Waals surface area contributed by atoms with Crippen molar-refractivity contribution in [2.75, 3.05) is 59.0 Å². The number of piperazine rings is 1. The molecule has 6 aromatic rings. The van der Waals surface area contributed by atoms with Crippen molar-refractivity contribution < 1.29 is 33.5 Å². The summed E-state index contributed by atoms with van der Waals surface area (Å²) < 4.78 is 6.41. The van der Waals surface area contributed by atoms with Crippen LogP contribution in [-0.4, -0.2) is 148 Å². The minimum absolute atomic E-state index is 0.0661. The smallest absolute Gasteiger partial charge is 0.326 e. The van der Waals surface area contributed by atoms with Crippen molar-refractivity contribution in [3.8, 4) is 16.2 Å². The van der Waals surface area contributed by atoms with Crippen molar-refractivity contribution in [2.24, 2.45) is 16.3 Å². The van der Waals surface area contributed by atoms with E-state index in [4.69, 9.17) is 32.9 Å². The van der Waals surface area contributed by atoms with Gasteiger partial charge in [-0.1, -0.05) is 150 Å². The number of carbonyl (C=O) groups is 6. The third-order valence-electron chi connectivity index (χ3n) is 19.1. The number of halogens is 2. The number of nitrogens with one attached hydrogen (secondary N) is 3. The van der Waals surface area contributed by atoms with Gasteiger partial charge in [-0.25, -0.2) is 9.78 Å². The molecule has 3 fully saturated rings. The van der Waals surface area contributed by atoms with Gasteiger partial charge in [-0.3, -0.25) is 38.8 Å². The quantitative estimate of drug-likeness (QED) is 0.0752. The van der Waals surface area contributed by atoms with Gasteiger partial charge in [-0.2, -0.15) is 0 Å². The van der Waals surface area contributed by atoms with Crippen molar-refractivity contribution >= 4 is 75.9 Å². The molecule has 492 valence electrons. The second-order valence-corrected chi connectivity index (χ2v) is 29.2. The molecule has 0 saturated carbocycles. The Bertz CT molecular complexity index is 3710. The molecule has 10 rings (SSSR count).